The maximum atomic E-state index is 11.0. The number of nitrogens with one attached hydrogen (secondary N) is 1. The Balaban J connectivity index is 3.64. The summed E-state index contributed by atoms with van der Waals surface area (Å²) >= 11 is 0. The molecule has 1 unspecified atom stereocenters. The second-order valence-electron chi connectivity index (χ2n) is 4.09. The van der Waals surface area contributed by atoms with E-state index in [1.165, 1.54) is 0 Å². The highest BCUT2D eigenvalue weighted by Crippen LogP contribution is 2.00. The number of β-amino-alcohol motifs (C(OH)–C–C–N with tert-alkyl or cyclic N) is 1. The standard InChI is InChI=1S/C10H22N2O4/c1-10(2,9(11)14)12-6-8(13)7-16-5-4-15-3/h8,12-13H,4-7H2,1-3H3,(H2,11,14). The molecule has 1 atom stereocenters. The minimum atomic E-state index is -0.826. The summed E-state index contributed by atoms with van der Waals surface area (Å²) in [6.07, 6.45) is -0.671. The van der Waals surface area contributed by atoms with Crippen LogP contribution in [-0.4, -0.2) is 56.1 Å². The van der Waals surface area contributed by atoms with E-state index in [2.05, 4.69) is 5.32 Å². The van der Waals surface area contributed by atoms with E-state index in [4.69, 9.17) is 15.2 Å². The van der Waals surface area contributed by atoms with Crippen LogP contribution in [0.2, 0.25) is 0 Å². The Morgan fingerprint density at radius 2 is 2.12 bits per heavy atom. The Kier molecular flexibility index (Phi) is 7.24. The first-order valence-corrected chi connectivity index (χ1v) is 5.20. The van der Waals surface area contributed by atoms with Crippen LogP contribution < -0.4 is 11.1 Å². The molecule has 0 aromatic heterocycles. The van der Waals surface area contributed by atoms with Crippen LogP contribution in [0.4, 0.5) is 0 Å². The molecule has 6 heteroatoms. The molecule has 0 spiro atoms. The molecule has 0 rings (SSSR count). The molecule has 0 aromatic rings. The average molecular weight is 234 g/mol. The van der Waals surface area contributed by atoms with Crippen molar-refractivity contribution >= 4 is 5.91 Å². The normalized spacial score (nSPS) is 13.8. The van der Waals surface area contributed by atoms with E-state index in [0.29, 0.717) is 13.2 Å². The van der Waals surface area contributed by atoms with Gasteiger partial charge >= 0.3 is 0 Å². The summed E-state index contributed by atoms with van der Waals surface area (Å²) in [7, 11) is 1.58. The Hall–Kier alpha value is -0.690. The number of aliphatic hydroxyl groups is 1. The Bertz CT molecular complexity index is 209. The van der Waals surface area contributed by atoms with Gasteiger partial charge in [0.1, 0.15) is 0 Å². The summed E-state index contributed by atoms with van der Waals surface area (Å²) in [6.45, 7) is 4.70. The predicted molar refractivity (Wildman–Crippen MR) is 60.0 cm³/mol. The lowest BCUT2D eigenvalue weighted by atomic mass is 10.1. The molecule has 4 N–H and O–H groups in total. The molecule has 6 nitrogen and oxygen atoms in total. The molecule has 0 saturated carbocycles. The Morgan fingerprint density at radius 3 is 2.62 bits per heavy atom. The first-order valence-electron chi connectivity index (χ1n) is 5.20. The number of hydrogen-bond acceptors (Lipinski definition) is 5. The highest BCUT2D eigenvalue weighted by Gasteiger charge is 2.24. The zero-order valence-electron chi connectivity index (χ0n) is 10.2. The summed E-state index contributed by atoms with van der Waals surface area (Å²) < 4.78 is 9.92. The van der Waals surface area contributed by atoms with Crippen molar-refractivity contribution in [1.29, 1.82) is 0 Å². The van der Waals surface area contributed by atoms with E-state index in [-0.39, 0.29) is 13.2 Å². The number of nitrogens with two attached hydrogens (primary N) is 1. The SMILES string of the molecule is COCCOCC(O)CNC(C)(C)C(N)=O. The van der Waals surface area contributed by atoms with E-state index in [1.807, 2.05) is 0 Å². The van der Waals surface area contributed by atoms with Crippen LogP contribution in [-0.2, 0) is 14.3 Å². The molecular weight excluding hydrogens is 212 g/mol. The third-order valence-electron chi connectivity index (χ3n) is 2.14. The zero-order valence-corrected chi connectivity index (χ0v) is 10.2. The van der Waals surface area contributed by atoms with Gasteiger partial charge < -0.3 is 25.6 Å². The van der Waals surface area contributed by atoms with Crippen molar-refractivity contribution in [2.24, 2.45) is 5.73 Å². The van der Waals surface area contributed by atoms with E-state index in [9.17, 15) is 9.90 Å². The number of hydrogen-bond donors (Lipinski definition) is 3. The third kappa shape index (κ3) is 6.73. The molecule has 16 heavy (non-hydrogen) atoms. The molecule has 0 aliphatic heterocycles. The largest absolute Gasteiger partial charge is 0.389 e. The predicted octanol–water partition coefficient (Wildman–Crippen LogP) is -1.14. The summed E-state index contributed by atoms with van der Waals surface area (Å²) in [4.78, 5) is 11.0. The van der Waals surface area contributed by atoms with Gasteiger partial charge in [0.25, 0.3) is 0 Å². The molecule has 1 amide bonds. The van der Waals surface area contributed by atoms with Gasteiger partial charge in [-0.05, 0) is 13.8 Å². The van der Waals surface area contributed by atoms with Crippen LogP contribution in [0.3, 0.4) is 0 Å². The number of carbonyl (C=O) groups is 1. The van der Waals surface area contributed by atoms with Crippen LogP contribution in [0, 0.1) is 0 Å². The second kappa shape index (κ2) is 7.56. The quantitative estimate of drug-likeness (QED) is 0.439. The smallest absolute Gasteiger partial charge is 0.237 e. The fourth-order valence-corrected chi connectivity index (χ4v) is 0.881. The van der Waals surface area contributed by atoms with Crippen LogP contribution in [0.15, 0.2) is 0 Å². The highest BCUT2D eigenvalue weighted by molar-refractivity contribution is 5.83. The summed E-state index contributed by atoms with van der Waals surface area (Å²) in [5.41, 5.74) is 4.34. The van der Waals surface area contributed by atoms with Gasteiger partial charge in [-0.1, -0.05) is 0 Å². The number of methoxy groups -OCH3 is 1. The van der Waals surface area contributed by atoms with Crippen molar-refractivity contribution in [3.05, 3.63) is 0 Å². The van der Waals surface area contributed by atoms with Gasteiger partial charge in [-0.3, -0.25) is 4.79 Å². The van der Waals surface area contributed by atoms with Crippen molar-refractivity contribution in [1.82, 2.24) is 5.32 Å². The van der Waals surface area contributed by atoms with E-state index in [1.54, 1.807) is 21.0 Å². The first kappa shape index (κ1) is 15.3. The molecule has 0 radical (unpaired) electrons. The summed E-state index contributed by atoms with van der Waals surface area (Å²) in [5.74, 6) is -0.458. The van der Waals surface area contributed by atoms with Gasteiger partial charge in [0.15, 0.2) is 0 Å². The number of rotatable bonds is 9. The van der Waals surface area contributed by atoms with E-state index < -0.39 is 17.6 Å². The number of ether oxygens (including phenoxy) is 2. The lowest BCUT2D eigenvalue weighted by Crippen LogP contribution is -2.53. The maximum absolute atomic E-state index is 11.0. The molecule has 0 aliphatic rings. The molecule has 96 valence electrons. The minimum Gasteiger partial charge on any atom is -0.389 e. The van der Waals surface area contributed by atoms with Gasteiger partial charge in [0.05, 0.1) is 31.5 Å². The van der Waals surface area contributed by atoms with Crippen molar-refractivity contribution in [3.63, 3.8) is 0 Å². The van der Waals surface area contributed by atoms with E-state index in [0.717, 1.165) is 0 Å². The lowest BCUT2D eigenvalue weighted by Gasteiger charge is -2.24. The maximum Gasteiger partial charge on any atom is 0.237 e. The molecule has 0 bridgehead atoms. The molecule has 0 aliphatic carbocycles. The molecule has 0 aromatic carbocycles. The van der Waals surface area contributed by atoms with Crippen molar-refractivity contribution in [2.45, 2.75) is 25.5 Å². The molecule has 0 saturated heterocycles. The van der Waals surface area contributed by atoms with Gasteiger partial charge in [-0.25, -0.2) is 0 Å². The first-order chi connectivity index (χ1) is 7.40. The average Bonchev–Trinajstić information content (AvgIpc) is 2.21. The number of amides is 1. The number of aliphatic hydroxyl groups excluding tert-OH is 1. The van der Waals surface area contributed by atoms with Gasteiger partial charge in [0.2, 0.25) is 5.91 Å². The van der Waals surface area contributed by atoms with Gasteiger partial charge in [0, 0.05) is 13.7 Å². The number of carbonyl (C=O) groups excluding carboxylic acids is 1. The molecule has 0 fully saturated rings. The van der Waals surface area contributed by atoms with Crippen molar-refractivity contribution in [2.75, 3.05) is 33.5 Å². The highest BCUT2D eigenvalue weighted by atomic mass is 16.5. The van der Waals surface area contributed by atoms with Gasteiger partial charge in [-0.2, -0.15) is 0 Å². The monoisotopic (exact) mass is 234 g/mol. The van der Waals surface area contributed by atoms with Crippen molar-refractivity contribution < 1.29 is 19.4 Å². The van der Waals surface area contributed by atoms with Gasteiger partial charge in [-0.15, -0.1) is 0 Å². The van der Waals surface area contributed by atoms with E-state index >= 15 is 0 Å². The molecule has 0 heterocycles. The fraction of sp³-hybridized carbons (Fsp3) is 0.900. The van der Waals surface area contributed by atoms with Crippen molar-refractivity contribution in [3.8, 4) is 0 Å². The van der Waals surface area contributed by atoms with Crippen LogP contribution >= 0.6 is 0 Å². The zero-order chi connectivity index (χ0) is 12.6. The number of primary amides is 1. The Morgan fingerprint density at radius 1 is 1.50 bits per heavy atom. The fourth-order valence-electron chi connectivity index (χ4n) is 0.881. The third-order valence-corrected chi connectivity index (χ3v) is 2.14. The minimum absolute atomic E-state index is 0.200. The topological polar surface area (TPSA) is 93.8 Å². The van der Waals surface area contributed by atoms with Crippen LogP contribution in [0.25, 0.3) is 0 Å². The lowest BCUT2D eigenvalue weighted by molar-refractivity contribution is -0.123. The van der Waals surface area contributed by atoms with Crippen LogP contribution in [0.1, 0.15) is 13.8 Å². The van der Waals surface area contributed by atoms with Crippen LogP contribution in [0.5, 0.6) is 0 Å². The second-order valence-corrected chi connectivity index (χ2v) is 4.09. The summed E-state index contributed by atoms with van der Waals surface area (Å²) in [6, 6.07) is 0. The summed E-state index contributed by atoms with van der Waals surface area (Å²) in [5, 5.41) is 12.4. The molecular formula is C10H22N2O4. The Labute approximate surface area is 96.1 Å².